The van der Waals surface area contributed by atoms with Gasteiger partial charge in [0.05, 0.1) is 12.5 Å². The summed E-state index contributed by atoms with van der Waals surface area (Å²) in [5.41, 5.74) is 0.107. The van der Waals surface area contributed by atoms with E-state index in [4.69, 9.17) is 4.74 Å². The summed E-state index contributed by atoms with van der Waals surface area (Å²) < 4.78 is 5.25. The summed E-state index contributed by atoms with van der Waals surface area (Å²) in [4.78, 5) is 39.9. The lowest BCUT2D eigenvalue weighted by Gasteiger charge is -2.69. The van der Waals surface area contributed by atoms with Gasteiger partial charge in [0.1, 0.15) is 0 Å². The Kier molecular flexibility index (Phi) is 5.55. The van der Waals surface area contributed by atoms with Gasteiger partial charge in [-0.05, 0) is 112 Å². The minimum absolute atomic E-state index is 0.0913. The van der Waals surface area contributed by atoms with Crippen LogP contribution in [0.25, 0.3) is 0 Å². The van der Waals surface area contributed by atoms with Gasteiger partial charge in [0.15, 0.2) is 5.78 Å². The number of fused-ring (bicyclic) bond motifs is 7. The molecule has 3 saturated carbocycles. The number of methoxy groups -OCH3 is 1. The van der Waals surface area contributed by atoms with Crippen LogP contribution in [0.1, 0.15) is 106 Å². The zero-order chi connectivity index (χ0) is 26.5. The van der Waals surface area contributed by atoms with Gasteiger partial charge in [-0.2, -0.15) is 0 Å². The molecule has 5 heteroatoms. The summed E-state index contributed by atoms with van der Waals surface area (Å²) in [6.07, 6.45) is 10.1. The SMILES string of the molecule is COC(=O)[C@]1(C)CC[C@]2(C)CC[C@]3(C)C(=CC(=O)[C@@H]4[C@@]5(C)CCC(=O)NC(C)(C)[C@@H]5CC[C@]43C)[C@@H]2C1. The number of esters is 1. The Balaban J connectivity index is 1.62. The lowest BCUT2D eigenvalue weighted by Crippen LogP contribution is -2.66. The Morgan fingerprint density at radius 2 is 1.61 bits per heavy atom. The first-order chi connectivity index (χ1) is 16.6. The van der Waals surface area contributed by atoms with E-state index in [-0.39, 0.29) is 62.6 Å². The molecule has 0 bridgehead atoms. The maximum atomic E-state index is 14.4. The first kappa shape index (κ1) is 26.0. The van der Waals surface area contributed by atoms with E-state index < -0.39 is 5.41 Å². The molecule has 200 valence electrons. The molecule has 36 heavy (non-hydrogen) atoms. The second kappa shape index (κ2) is 7.69. The number of carbonyl (C=O) groups excluding carboxylic acids is 3. The van der Waals surface area contributed by atoms with Crippen molar-refractivity contribution in [1.82, 2.24) is 5.32 Å². The van der Waals surface area contributed by atoms with Crippen LogP contribution in [0, 0.1) is 44.8 Å². The molecule has 5 nitrogen and oxygen atoms in total. The molecule has 5 aliphatic rings. The molecule has 1 amide bonds. The van der Waals surface area contributed by atoms with E-state index in [0.717, 1.165) is 51.4 Å². The maximum Gasteiger partial charge on any atom is 0.311 e. The van der Waals surface area contributed by atoms with Gasteiger partial charge in [-0.3, -0.25) is 14.4 Å². The van der Waals surface area contributed by atoms with Crippen LogP contribution >= 0.6 is 0 Å². The number of amides is 1. The third-order valence-electron chi connectivity index (χ3n) is 12.7. The Labute approximate surface area is 217 Å². The van der Waals surface area contributed by atoms with Gasteiger partial charge < -0.3 is 10.1 Å². The van der Waals surface area contributed by atoms with Gasteiger partial charge in [-0.15, -0.1) is 0 Å². The van der Waals surface area contributed by atoms with Crippen LogP contribution in [0.2, 0.25) is 0 Å². The fourth-order valence-corrected chi connectivity index (χ4v) is 10.4. The van der Waals surface area contributed by atoms with Gasteiger partial charge in [0.2, 0.25) is 5.91 Å². The van der Waals surface area contributed by atoms with Crippen molar-refractivity contribution in [1.29, 1.82) is 0 Å². The number of ketones is 1. The van der Waals surface area contributed by atoms with Crippen molar-refractivity contribution in [3.8, 4) is 0 Å². The molecule has 0 aromatic heterocycles. The highest BCUT2D eigenvalue weighted by Crippen LogP contribution is 2.73. The van der Waals surface area contributed by atoms with Crippen molar-refractivity contribution >= 4 is 17.7 Å². The molecule has 5 rings (SSSR count). The van der Waals surface area contributed by atoms with Crippen molar-refractivity contribution < 1.29 is 19.1 Å². The fourth-order valence-electron chi connectivity index (χ4n) is 10.4. The van der Waals surface area contributed by atoms with E-state index >= 15 is 0 Å². The van der Waals surface area contributed by atoms with E-state index in [9.17, 15) is 14.4 Å². The second-order valence-corrected chi connectivity index (χ2v) is 15.0. The average Bonchev–Trinajstić information content (AvgIpc) is 2.88. The topological polar surface area (TPSA) is 72.5 Å². The molecular weight excluding hydrogens is 450 g/mol. The van der Waals surface area contributed by atoms with Crippen molar-refractivity contribution in [3.63, 3.8) is 0 Å². The number of allylic oxidation sites excluding steroid dienone is 2. The fraction of sp³-hybridized carbons (Fsp3) is 0.839. The van der Waals surface area contributed by atoms with Gasteiger partial charge in [-0.25, -0.2) is 0 Å². The highest BCUT2D eigenvalue weighted by molar-refractivity contribution is 5.96. The Hall–Kier alpha value is -1.65. The monoisotopic (exact) mass is 497 g/mol. The minimum Gasteiger partial charge on any atom is -0.469 e. The predicted molar refractivity (Wildman–Crippen MR) is 140 cm³/mol. The number of rotatable bonds is 1. The molecule has 0 radical (unpaired) electrons. The van der Waals surface area contributed by atoms with E-state index in [1.165, 1.54) is 12.7 Å². The normalized spacial score (nSPS) is 49.8. The van der Waals surface area contributed by atoms with Crippen LogP contribution in [-0.4, -0.2) is 30.3 Å². The number of carbonyl (C=O) groups is 3. The third-order valence-corrected chi connectivity index (χ3v) is 12.7. The van der Waals surface area contributed by atoms with Crippen molar-refractivity contribution in [2.45, 2.75) is 112 Å². The van der Waals surface area contributed by atoms with Crippen molar-refractivity contribution in [3.05, 3.63) is 11.6 Å². The summed E-state index contributed by atoms with van der Waals surface area (Å²) >= 11 is 0. The highest BCUT2D eigenvalue weighted by atomic mass is 16.5. The van der Waals surface area contributed by atoms with Crippen LogP contribution in [0.4, 0.5) is 0 Å². The van der Waals surface area contributed by atoms with Crippen LogP contribution < -0.4 is 5.32 Å². The van der Waals surface area contributed by atoms with Gasteiger partial charge in [-0.1, -0.05) is 33.3 Å². The Bertz CT molecular complexity index is 1050. The molecule has 4 aliphatic carbocycles. The first-order valence-corrected chi connectivity index (χ1v) is 14.2. The molecule has 4 fully saturated rings. The molecule has 0 aromatic carbocycles. The molecule has 1 heterocycles. The number of hydrogen-bond donors (Lipinski definition) is 1. The summed E-state index contributed by atoms with van der Waals surface area (Å²) in [5, 5.41) is 3.29. The second-order valence-electron chi connectivity index (χ2n) is 15.0. The number of nitrogens with one attached hydrogen (secondary N) is 1. The van der Waals surface area contributed by atoms with E-state index in [2.05, 4.69) is 53.8 Å². The van der Waals surface area contributed by atoms with Gasteiger partial charge in [0, 0.05) is 17.9 Å². The van der Waals surface area contributed by atoms with Crippen LogP contribution in [0.15, 0.2) is 11.6 Å². The third kappa shape index (κ3) is 3.22. The van der Waals surface area contributed by atoms with E-state index in [0.29, 0.717) is 6.42 Å². The zero-order valence-corrected chi connectivity index (χ0v) is 23.8. The van der Waals surface area contributed by atoms with Gasteiger partial charge in [0.25, 0.3) is 0 Å². The summed E-state index contributed by atoms with van der Waals surface area (Å²) in [6.45, 7) is 15.9. The molecule has 1 aliphatic heterocycles. The molecular formula is C31H47NO4. The average molecular weight is 498 g/mol. The molecule has 0 spiro atoms. The smallest absolute Gasteiger partial charge is 0.311 e. The summed E-state index contributed by atoms with van der Waals surface area (Å²) in [5.74, 6) is 0.648. The highest BCUT2D eigenvalue weighted by Gasteiger charge is 2.69. The maximum absolute atomic E-state index is 14.4. The predicted octanol–water partition coefficient (Wildman–Crippen LogP) is 6.01. The molecule has 0 unspecified atom stereocenters. The van der Waals surface area contributed by atoms with E-state index in [1.807, 2.05) is 6.08 Å². The van der Waals surface area contributed by atoms with Gasteiger partial charge >= 0.3 is 5.97 Å². The lowest BCUT2D eigenvalue weighted by atomic mass is 9.35. The standard InChI is InChI=1S/C31H47NO4/c1-26(2)22-9-12-31(7)24(29(22,5)11-10-23(34)32-26)21(33)17-19-20-18-28(4,25(35)36-8)14-13-27(20,3)15-16-30(19,31)6/h17,20,22,24H,9-16,18H2,1-8H3,(H,32,34)/t20-,22-,24+,27+,28+,29-,30+,31+/m0/s1. The zero-order valence-electron chi connectivity index (χ0n) is 23.8. The minimum atomic E-state index is -0.500. The van der Waals surface area contributed by atoms with Crippen LogP contribution in [0.3, 0.4) is 0 Å². The summed E-state index contributed by atoms with van der Waals surface area (Å²) in [6, 6.07) is 0. The molecule has 8 atom stereocenters. The van der Waals surface area contributed by atoms with Crippen molar-refractivity contribution in [2.75, 3.05) is 7.11 Å². The number of ether oxygens (including phenoxy) is 1. The van der Waals surface area contributed by atoms with Crippen LogP contribution in [0.5, 0.6) is 0 Å². The molecule has 0 aromatic rings. The molecule has 1 N–H and O–H groups in total. The Morgan fingerprint density at radius 1 is 0.944 bits per heavy atom. The summed E-state index contributed by atoms with van der Waals surface area (Å²) in [7, 11) is 1.49. The Morgan fingerprint density at radius 3 is 2.28 bits per heavy atom. The number of hydrogen-bond acceptors (Lipinski definition) is 4. The van der Waals surface area contributed by atoms with Crippen molar-refractivity contribution in [2.24, 2.45) is 44.8 Å². The van der Waals surface area contributed by atoms with Crippen LogP contribution in [-0.2, 0) is 19.1 Å². The lowest BCUT2D eigenvalue weighted by molar-refractivity contribution is -0.172. The quantitative estimate of drug-likeness (QED) is 0.450. The molecule has 1 saturated heterocycles. The van der Waals surface area contributed by atoms with E-state index in [1.54, 1.807) is 0 Å². The first-order valence-electron chi connectivity index (χ1n) is 14.2. The largest absolute Gasteiger partial charge is 0.469 e.